The topological polar surface area (TPSA) is 66.7 Å². The summed E-state index contributed by atoms with van der Waals surface area (Å²) in [6, 6.07) is 5.78. The second-order valence-electron chi connectivity index (χ2n) is 7.89. The van der Waals surface area contributed by atoms with Gasteiger partial charge in [0.05, 0.1) is 0 Å². The zero-order chi connectivity index (χ0) is 20.4. The fourth-order valence-electron chi connectivity index (χ4n) is 4.17. The van der Waals surface area contributed by atoms with Gasteiger partial charge in [0, 0.05) is 37.7 Å². The van der Waals surface area contributed by atoms with Crippen LogP contribution in [-0.4, -0.2) is 52.8 Å². The van der Waals surface area contributed by atoms with E-state index in [9.17, 15) is 14.0 Å². The summed E-state index contributed by atoms with van der Waals surface area (Å²) >= 11 is 0. The molecule has 0 N–H and O–H groups in total. The van der Waals surface area contributed by atoms with Gasteiger partial charge >= 0.3 is 0 Å². The van der Waals surface area contributed by atoms with Gasteiger partial charge in [-0.2, -0.15) is 0 Å². The number of likely N-dealkylation sites (tertiary alicyclic amines) is 2. The molecule has 29 heavy (non-hydrogen) atoms. The van der Waals surface area contributed by atoms with Crippen molar-refractivity contribution < 1.29 is 18.4 Å². The molecule has 154 valence electrons. The molecular weight excluding hydrogens is 373 g/mol. The SMILES string of the molecule is Cc1oc(C2CCN(C(=O)c3cccc(F)c3)CC2)nc1C(=O)N1CCCCC1. The molecule has 7 heteroatoms. The highest BCUT2D eigenvalue weighted by molar-refractivity contribution is 5.94. The molecule has 0 bridgehead atoms. The van der Waals surface area contributed by atoms with Gasteiger partial charge in [0.1, 0.15) is 11.6 Å². The molecule has 0 atom stereocenters. The Morgan fingerprint density at radius 3 is 2.41 bits per heavy atom. The third-order valence-electron chi connectivity index (χ3n) is 5.86. The fourth-order valence-corrected chi connectivity index (χ4v) is 4.17. The number of piperidine rings is 2. The van der Waals surface area contributed by atoms with E-state index in [4.69, 9.17) is 4.42 Å². The van der Waals surface area contributed by atoms with E-state index in [0.29, 0.717) is 48.8 Å². The van der Waals surface area contributed by atoms with Gasteiger partial charge < -0.3 is 14.2 Å². The van der Waals surface area contributed by atoms with Crippen LogP contribution < -0.4 is 0 Å². The number of nitrogens with zero attached hydrogens (tertiary/aromatic N) is 3. The molecule has 0 spiro atoms. The highest BCUT2D eigenvalue weighted by atomic mass is 19.1. The summed E-state index contributed by atoms with van der Waals surface area (Å²) in [5.74, 6) is 0.609. The minimum Gasteiger partial charge on any atom is -0.445 e. The summed E-state index contributed by atoms with van der Waals surface area (Å²) in [5, 5.41) is 0. The smallest absolute Gasteiger partial charge is 0.276 e. The first-order valence-corrected chi connectivity index (χ1v) is 10.3. The summed E-state index contributed by atoms with van der Waals surface area (Å²) in [4.78, 5) is 33.5. The molecule has 0 aliphatic carbocycles. The molecule has 1 aromatic heterocycles. The molecule has 6 nitrogen and oxygen atoms in total. The second-order valence-corrected chi connectivity index (χ2v) is 7.89. The molecule has 1 aromatic carbocycles. The van der Waals surface area contributed by atoms with Crippen LogP contribution in [0.25, 0.3) is 0 Å². The third kappa shape index (κ3) is 4.18. The zero-order valence-corrected chi connectivity index (χ0v) is 16.7. The fraction of sp³-hybridized carbons (Fsp3) is 0.500. The van der Waals surface area contributed by atoms with Crippen molar-refractivity contribution in [2.45, 2.75) is 44.9 Å². The van der Waals surface area contributed by atoms with E-state index in [2.05, 4.69) is 4.98 Å². The zero-order valence-electron chi connectivity index (χ0n) is 16.7. The van der Waals surface area contributed by atoms with Crippen LogP contribution in [0.3, 0.4) is 0 Å². The van der Waals surface area contributed by atoms with Gasteiger partial charge in [-0.1, -0.05) is 6.07 Å². The molecular formula is C22H26FN3O3. The Morgan fingerprint density at radius 2 is 1.72 bits per heavy atom. The van der Waals surface area contributed by atoms with Crippen molar-refractivity contribution in [3.05, 3.63) is 53.0 Å². The van der Waals surface area contributed by atoms with E-state index in [1.54, 1.807) is 24.0 Å². The monoisotopic (exact) mass is 399 g/mol. The number of carbonyl (C=O) groups is 2. The standard InChI is InChI=1S/C22H26FN3O3/c1-15-19(22(28)25-10-3-2-4-11-25)24-20(29-15)16-8-12-26(13-9-16)21(27)17-6-5-7-18(23)14-17/h5-7,14,16H,2-4,8-13H2,1H3. The Bertz CT molecular complexity index is 896. The second kappa shape index (κ2) is 8.35. The van der Waals surface area contributed by atoms with Crippen LogP contribution in [0.15, 0.2) is 28.7 Å². The van der Waals surface area contributed by atoms with Crippen molar-refractivity contribution in [3.63, 3.8) is 0 Å². The lowest BCUT2D eigenvalue weighted by atomic mass is 9.96. The van der Waals surface area contributed by atoms with E-state index in [1.807, 2.05) is 4.90 Å². The molecule has 2 saturated heterocycles. The van der Waals surface area contributed by atoms with Crippen molar-refractivity contribution in [1.82, 2.24) is 14.8 Å². The van der Waals surface area contributed by atoms with E-state index in [-0.39, 0.29) is 17.7 Å². The Kier molecular flexibility index (Phi) is 5.65. The first-order chi connectivity index (χ1) is 14.0. The molecule has 4 rings (SSSR count). The molecule has 2 aromatic rings. The number of aromatic nitrogens is 1. The average Bonchev–Trinajstić information content (AvgIpc) is 3.15. The van der Waals surface area contributed by atoms with Crippen molar-refractivity contribution >= 4 is 11.8 Å². The van der Waals surface area contributed by atoms with Crippen molar-refractivity contribution in [1.29, 1.82) is 0 Å². The predicted octanol–water partition coefficient (Wildman–Crippen LogP) is 3.77. The number of benzene rings is 1. The summed E-state index contributed by atoms with van der Waals surface area (Å²) in [6.45, 7) is 4.45. The van der Waals surface area contributed by atoms with Crippen LogP contribution in [0.5, 0.6) is 0 Å². The molecule has 2 fully saturated rings. The molecule has 0 radical (unpaired) electrons. The van der Waals surface area contributed by atoms with Crippen LogP contribution in [0, 0.1) is 12.7 Å². The number of oxazole rings is 1. The van der Waals surface area contributed by atoms with Crippen molar-refractivity contribution in [2.24, 2.45) is 0 Å². The van der Waals surface area contributed by atoms with Crippen molar-refractivity contribution in [3.8, 4) is 0 Å². The van der Waals surface area contributed by atoms with Crippen LogP contribution in [0.4, 0.5) is 4.39 Å². The molecule has 0 unspecified atom stereocenters. The highest BCUT2D eigenvalue weighted by Crippen LogP contribution is 2.30. The quantitative estimate of drug-likeness (QED) is 0.788. The third-order valence-corrected chi connectivity index (χ3v) is 5.86. The lowest BCUT2D eigenvalue weighted by Crippen LogP contribution is -2.38. The van der Waals surface area contributed by atoms with E-state index in [1.165, 1.54) is 18.6 Å². The Labute approximate surface area is 169 Å². The molecule has 3 heterocycles. The number of carbonyl (C=O) groups excluding carboxylic acids is 2. The largest absolute Gasteiger partial charge is 0.445 e. The van der Waals surface area contributed by atoms with Gasteiger partial charge in [-0.15, -0.1) is 0 Å². The average molecular weight is 399 g/mol. The lowest BCUT2D eigenvalue weighted by Gasteiger charge is -2.30. The normalized spacial score (nSPS) is 18.1. The molecule has 2 aliphatic heterocycles. The number of hydrogen-bond acceptors (Lipinski definition) is 4. The van der Waals surface area contributed by atoms with Gasteiger partial charge in [0.25, 0.3) is 11.8 Å². The minimum atomic E-state index is -0.410. The first-order valence-electron chi connectivity index (χ1n) is 10.3. The summed E-state index contributed by atoms with van der Waals surface area (Å²) in [6.07, 6.45) is 4.65. The molecule has 0 saturated carbocycles. The maximum atomic E-state index is 13.4. The maximum absolute atomic E-state index is 13.4. The number of amides is 2. The lowest BCUT2D eigenvalue weighted by molar-refractivity contribution is 0.0703. The van der Waals surface area contributed by atoms with E-state index < -0.39 is 5.82 Å². The molecule has 2 amide bonds. The summed E-state index contributed by atoms with van der Waals surface area (Å²) in [7, 11) is 0. The maximum Gasteiger partial charge on any atom is 0.276 e. The highest BCUT2D eigenvalue weighted by Gasteiger charge is 2.30. The van der Waals surface area contributed by atoms with Gasteiger partial charge in [0.2, 0.25) is 0 Å². The van der Waals surface area contributed by atoms with Crippen LogP contribution >= 0.6 is 0 Å². The van der Waals surface area contributed by atoms with Gasteiger partial charge in [-0.05, 0) is 57.2 Å². The van der Waals surface area contributed by atoms with Gasteiger partial charge in [-0.3, -0.25) is 9.59 Å². The number of rotatable bonds is 3. The Morgan fingerprint density at radius 1 is 1.03 bits per heavy atom. The first kappa shape index (κ1) is 19.6. The summed E-state index contributed by atoms with van der Waals surface area (Å²) < 4.78 is 19.2. The number of halogens is 1. The molecule has 2 aliphatic rings. The minimum absolute atomic E-state index is 0.0454. The Balaban J connectivity index is 1.40. The number of aryl methyl sites for hydroxylation is 1. The Hall–Kier alpha value is -2.70. The van der Waals surface area contributed by atoms with Crippen LogP contribution in [0.2, 0.25) is 0 Å². The van der Waals surface area contributed by atoms with Gasteiger partial charge in [-0.25, -0.2) is 9.37 Å². The van der Waals surface area contributed by atoms with Crippen molar-refractivity contribution in [2.75, 3.05) is 26.2 Å². The van der Waals surface area contributed by atoms with E-state index in [0.717, 1.165) is 25.9 Å². The number of hydrogen-bond donors (Lipinski definition) is 0. The van der Waals surface area contributed by atoms with Crippen LogP contribution in [0.1, 0.15) is 70.5 Å². The predicted molar refractivity (Wildman–Crippen MR) is 105 cm³/mol. The summed E-state index contributed by atoms with van der Waals surface area (Å²) in [5.41, 5.74) is 0.782. The van der Waals surface area contributed by atoms with Crippen LogP contribution in [-0.2, 0) is 0 Å². The van der Waals surface area contributed by atoms with Gasteiger partial charge in [0.15, 0.2) is 11.6 Å². The van der Waals surface area contributed by atoms with E-state index >= 15 is 0 Å².